The van der Waals surface area contributed by atoms with Crippen molar-refractivity contribution >= 4 is 11.9 Å². The average Bonchev–Trinajstić information content (AvgIpc) is 2.80. The molecule has 0 aliphatic heterocycles. The molecule has 32 heavy (non-hydrogen) atoms. The van der Waals surface area contributed by atoms with Crippen LogP contribution >= 0.6 is 0 Å². The second-order valence-corrected chi connectivity index (χ2v) is 7.80. The molecule has 0 fully saturated rings. The zero-order valence-corrected chi connectivity index (χ0v) is 20.1. The van der Waals surface area contributed by atoms with E-state index in [1.54, 1.807) is 18.2 Å². The maximum atomic E-state index is 12.8. The Morgan fingerprint density at radius 1 is 0.812 bits per heavy atom. The SMILES string of the molecule is CCCCOc1cc(C=CC(=O)c2ccc(OCC)cc2)c(CCC)c(OCCCC)c1. The molecule has 2 rings (SSSR count). The lowest BCUT2D eigenvalue weighted by molar-refractivity contribution is 0.104. The van der Waals surface area contributed by atoms with Gasteiger partial charge in [-0.25, -0.2) is 0 Å². The molecule has 4 nitrogen and oxygen atoms in total. The number of ketones is 1. The number of carbonyl (C=O) groups excluding carboxylic acids is 1. The molecule has 174 valence electrons. The van der Waals surface area contributed by atoms with Crippen LogP contribution in [0, 0.1) is 0 Å². The van der Waals surface area contributed by atoms with Crippen molar-refractivity contribution in [3.8, 4) is 17.2 Å². The summed E-state index contributed by atoms with van der Waals surface area (Å²) in [5.74, 6) is 2.38. The predicted molar refractivity (Wildman–Crippen MR) is 132 cm³/mol. The van der Waals surface area contributed by atoms with E-state index >= 15 is 0 Å². The first-order valence-corrected chi connectivity index (χ1v) is 12.0. The van der Waals surface area contributed by atoms with E-state index in [9.17, 15) is 4.79 Å². The van der Waals surface area contributed by atoms with E-state index in [0.717, 1.165) is 66.9 Å². The highest BCUT2D eigenvalue weighted by molar-refractivity contribution is 6.07. The summed E-state index contributed by atoms with van der Waals surface area (Å²) in [5.41, 5.74) is 2.74. The van der Waals surface area contributed by atoms with Gasteiger partial charge in [-0.3, -0.25) is 4.79 Å². The van der Waals surface area contributed by atoms with E-state index in [1.165, 1.54) is 0 Å². The summed E-state index contributed by atoms with van der Waals surface area (Å²) in [6.45, 7) is 10.4. The zero-order chi connectivity index (χ0) is 23.2. The Balaban J connectivity index is 2.31. The van der Waals surface area contributed by atoms with Crippen LogP contribution in [0.4, 0.5) is 0 Å². The normalized spacial score (nSPS) is 11.0. The molecule has 2 aromatic carbocycles. The van der Waals surface area contributed by atoms with Gasteiger partial charge in [-0.1, -0.05) is 46.1 Å². The van der Waals surface area contributed by atoms with Crippen molar-refractivity contribution in [3.63, 3.8) is 0 Å². The zero-order valence-electron chi connectivity index (χ0n) is 20.1. The summed E-state index contributed by atoms with van der Waals surface area (Å²) >= 11 is 0. The molecule has 0 spiro atoms. The third-order valence-electron chi connectivity index (χ3n) is 5.10. The number of unbranched alkanes of at least 4 members (excludes halogenated alkanes) is 2. The highest BCUT2D eigenvalue weighted by atomic mass is 16.5. The second kappa shape index (κ2) is 14.3. The molecule has 0 bridgehead atoms. The fraction of sp³-hybridized carbons (Fsp3) is 0.464. The van der Waals surface area contributed by atoms with Gasteiger partial charge >= 0.3 is 0 Å². The lowest BCUT2D eigenvalue weighted by Gasteiger charge is -2.16. The number of ether oxygens (including phenoxy) is 3. The highest BCUT2D eigenvalue weighted by Crippen LogP contribution is 2.32. The van der Waals surface area contributed by atoms with Crippen LogP contribution in [0.3, 0.4) is 0 Å². The van der Waals surface area contributed by atoms with Crippen LogP contribution in [-0.4, -0.2) is 25.6 Å². The number of rotatable bonds is 15. The summed E-state index contributed by atoms with van der Waals surface area (Å²) in [6.07, 6.45) is 9.58. The second-order valence-electron chi connectivity index (χ2n) is 7.80. The first-order chi connectivity index (χ1) is 15.6. The van der Waals surface area contributed by atoms with Gasteiger partial charge in [0.25, 0.3) is 0 Å². The Labute approximate surface area is 193 Å². The van der Waals surface area contributed by atoms with E-state index in [2.05, 4.69) is 20.8 Å². The molecule has 0 aliphatic carbocycles. The molecule has 2 aromatic rings. The minimum atomic E-state index is -0.0405. The smallest absolute Gasteiger partial charge is 0.185 e. The Morgan fingerprint density at radius 2 is 1.50 bits per heavy atom. The van der Waals surface area contributed by atoms with Crippen molar-refractivity contribution < 1.29 is 19.0 Å². The van der Waals surface area contributed by atoms with Crippen molar-refractivity contribution in [3.05, 3.63) is 59.2 Å². The van der Waals surface area contributed by atoms with Gasteiger partial charge in [-0.15, -0.1) is 0 Å². The molecule has 4 heteroatoms. The quantitative estimate of drug-likeness (QED) is 0.166. The largest absolute Gasteiger partial charge is 0.494 e. The van der Waals surface area contributed by atoms with Crippen LogP contribution in [0.15, 0.2) is 42.5 Å². The molecule has 0 aliphatic rings. The lowest BCUT2D eigenvalue weighted by Crippen LogP contribution is -2.04. The summed E-state index contributed by atoms with van der Waals surface area (Å²) in [4.78, 5) is 12.8. The summed E-state index contributed by atoms with van der Waals surface area (Å²) < 4.78 is 17.6. The summed E-state index contributed by atoms with van der Waals surface area (Å²) in [7, 11) is 0. The van der Waals surface area contributed by atoms with Crippen LogP contribution in [-0.2, 0) is 6.42 Å². The lowest BCUT2D eigenvalue weighted by atomic mass is 9.99. The molecular weight excluding hydrogens is 400 g/mol. The van der Waals surface area contributed by atoms with Crippen molar-refractivity contribution in [1.82, 2.24) is 0 Å². The molecule has 0 N–H and O–H groups in total. The standard InChI is InChI=1S/C28H38O4/c1-5-9-18-31-25-20-23(26(11-7-3)28(21-25)32-19-10-6-2)14-17-27(29)22-12-15-24(16-13-22)30-8-4/h12-17,20-21H,5-11,18-19H2,1-4H3. The number of hydrogen-bond donors (Lipinski definition) is 0. The molecule has 0 unspecified atom stereocenters. The van der Waals surface area contributed by atoms with Gasteiger partial charge in [0.15, 0.2) is 5.78 Å². The molecule has 0 radical (unpaired) electrons. The van der Waals surface area contributed by atoms with E-state index in [4.69, 9.17) is 14.2 Å². The van der Waals surface area contributed by atoms with Gasteiger partial charge in [0, 0.05) is 17.2 Å². The van der Waals surface area contributed by atoms with E-state index in [1.807, 2.05) is 37.3 Å². The Kier molecular flexibility index (Phi) is 11.4. The van der Waals surface area contributed by atoms with Crippen LogP contribution in [0.5, 0.6) is 17.2 Å². The van der Waals surface area contributed by atoms with Crippen molar-refractivity contribution in [1.29, 1.82) is 0 Å². The van der Waals surface area contributed by atoms with Crippen molar-refractivity contribution in [2.75, 3.05) is 19.8 Å². The van der Waals surface area contributed by atoms with Crippen LogP contribution in [0.2, 0.25) is 0 Å². The third kappa shape index (κ3) is 8.07. The molecule has 0 atom stereocenters. The summed E-state index contributed by atoms with van der Waals surface area (Å²) in [5, 5.41) is 0. The minimum Gasteiger partial charge on any atom is -0.494 e. The molecule has 0 saturated heterocycles. The first-order valence-electron chi connectivity index (χ1n) is 12.0. The minimum absolute atomic E-state index is 0.0405. The van der Waals surface area contributed by atoms with Gasteiger partial charge in [0.1, 0.15) is 17.2 Å². The van der Waals surface area contributed by atoms with Crippen LogP contribution in [0.1, 0.15) is 81.3 Å². The topological polar surface area (TPSA) is 44.8 Å². The van der Waals surface area contributed by atoms with Crippen LogP contribution < -0.4 is 14.2 Å². The van der Waals surface area contributed by atoms with Crippen molar-refractivity contribution in [2.45, 2.75) is 66.2 Å². The number of carbonyl (C=O) groups is 1. The maximum Gasteiger partial charge on any atom is 0.185 e. The van der Waals surface area contributed by atoms with Gasteiger partial charge < -0.3 is 14.2 Å². The highest BCUT2D eigenvalue weighted by Gasteiger charge is 2.12. The van der Waals surface area contributed by atoms with E-state index in [0.29, 0.717) is 25.4 Å². The van der Waals surface area contributed by atoms with Crippen molar-refractivity contribution in [2.24, 2.45) is 0 Å². The fourth-order valence-corrected chi connectivity index (χ4v) is 3.32. The summed E-state index contributed by atoms with van der Waals surface area (Å²) in [6, 6.07) is 11.3. The molecule has 0 amide bonds. The predicted octanol–water partition coefficient (Wildman–Crippen LogP) is 7.29. The number of allylic oxidation sites excluding steroid dienone is 1. The third-order valence-corrected chi connectivity index (χ3v) is 5.10. The fourth-order valence-electron chi connectivity index (χ4n) is 3.32. The first kappa shape index (κ1) is 25.5. The van der Waals surface area contributed by atoms with Gasteiger partial charge in [0.05, 0.1) is 19.8 Å². The van der Waals surface area contributed by atoms with E-state index in [-0.39, 0.29) is 5.78 Å². The molecule has 0 saturated carbocycles. The molecule has 0 heterocycles. The average molecular weight is 439 g/mol. The number of hydrogen-bond acceptors (Lipinski definition) is 4. The van der Waals surface area contributed by atoms with E-state index < -0.39 is 0 Å². The molecule has 0 aromatic heterocycles. The van der Waals surface area contributed by atoms with Gasteiger partial charge in [-0.2, -0.15) is 0 Å². The Morgan fingerprint density at radius 3 is 2.12 bits per heavy atom. The van der Waals surface area contributed by atoms with Gasteiger partial charge in [-0.05, 0) is 68.2 Å². The molecular formula is C28H38O4. The van der Waals surface area contributed by atoms with Crippen LogP contribution in [0.25, 0.3) is 6.08 Å². The number of benzene rings is 2. The monoisotopic (exact) mass is 438 g/mol. The maximum absolute atomic E-state index is 12.8. The van der Waals surface area contributed by atoms with Gasteiger partial charge in [0.2, 0.25) is 0 Å². The Bertz CT molecular complexity index is 852. The Hall–Kier alpha value is -2.75.